The minimum absolute atomic E-state index is 0.0271. The van der Waals surface area contributed by atoms with E-state index in [-0.39, 0.29) is 23.6 Å². The van der Waals surface area contributed by atoms with Gasteiger partial charge in [0, 0.05) is 18.9 Å². The molecule has 32 heavy (non-hydrogen) atoms. The third-order valence-corrected chi connectivity index (χ3v) is 5.78. The predicted octanol–water partition coefficient (Wildman–Crippen LogP) is 3.62. The summed E-state index contributed by atoms with van der Waals surface area (Å²) in [6, 6.07) is 16.7. The fourth-order valence-electron chi connectivity index (χ4n) is 4.13. The second-order valence-electron chi connectivity index (χ2n) is 8.18. The summed E-state index contributed by atoms with van der Waals surface area (Å²) >= 11 is 0. The number of aryl methyl sites for hydroxylation is 1. The zero-order valence-electron chi connectivity index (χ0n) is 17.8. The quantitative estimate of drug-likeness (QED) is 0.595. The number of fused-ring (bicyclic) bond motifs is 1. The van der Waals surface area contributed by atoms with Crippen molar-refractivity contribution in [3.05, 3.63) is 70.3 Å². The molecule has 0 saturated heterocycles. The van der Waals surface area contributed by atoms with Crippen LogP contribution in [0.2, 0.25) is 0 Å². The molecule has 2 N–H and O–H groups in total. The Kier molecular flexibility index (Phi) is 6.81. The van der Waals surface area contributed by atoms with Gasteiger partial charge in [-0.3, -0.25) is 9.59 Å². The second-order valence-corrected chi connectivity index (χ2v) is 8.18. The number of nitrogens with zero attached hydrogens (tertiary/aromatic N) is 2. The zero-order chi connectivity index (χ0) is 22.3. The molecule has 1 fully saturated rings. The van der Waals surface area contributed by atoms with E-state index in [4.69, 9.17) is 10.00 Å². The molecule has 0 bridgehead atoms. The first-order valence-electron chi connectivity index (χ1n) is 11.0. The summed E-state index contributed by atoms with van der Waals surface area (Å²) in [4.78, 5) is 31.8. The van der Waals surface area contributed by atoms with E-state index in [1.165, 1.54) is 0 Å². The maximum absolute atomic E-state index is 12.4. The fraction of sp³-hybridized carbons (Fsp3) is 0.360. The van der Waals surface area contributed by atoms with Crippen LogP contribution in [0.5, 0.6) is 5.75 Å². The number of hydrogen-bond acceptors (Lipinski definition) is 5. The van der Waals surface area contributed by atoms with Crippen LogP contribution in [-0.4, -0.2) is 28.0 Å². The number of hydrogen-bond donors (Lipinski definition) is 2. The van der Waals surface area contributed by atoms with Gasteiger partial charge in [-0.1, -0.05) is 18.2 Å². The minimum atomic E-state index is -0.145. The van der Waals surface area contributed by atoms with E-state index in [1.807, 2.05) is 30.3 Å². The topological polar surface area (TPSA) is 108 Å². The smallest absolute Gasteiger partial charge is 0.258 e. The molecule has 0 spiro atoms. The van der Waals surface area contributed by atoms with E-state index in [0.29, 0.717) is 41.6 Å². The molecule has 1 aliphatic rings. The van der Waals surface area contributed by atoms with Gasteiger partial charge in [0.15, 0.2) is 0 Å². The van der Waals surface area contributed by atoms with Crippen molar-refractivity contribution in [2.75, 3.05) is 0 Å². The van der Waals surface area contributed by atoms with Gasteiger partial charge in [-0.15, -0.1) is 0 Å². The third-order valence-electron chi connectivity index (χ3n) is 5.78. The van der Waals surface area contributed by atoms with Crippen LogP contribution >= 0.6 is 0 Å². The summed E-state index contributed by atoms with van der Waals surface area (Å²) in [5, 5.41) is 12.7. The molecule has 3 aromatic rings. The highest BCUT2D eigenvalue weighted by atomic mass is 16.5. The highest BCUT2D eigenvalue weighted by Gasteiger charge is 2.23. The highest BCUT2D eigenvalue weighted by molar-refractivity contribution is 5.77. The number of H-pyrrole nitrogens is 1. The Morgan fingerprint density at radius 2 is 1.97 bits per heavy atom. The van der Waals surface area contributed by atoms with E-state index in [2.05, 4.69) is 21.4 Å². The number of carbonyl (C=O) groups excluding carboxylic acids is 1. The first-order valence-corrected chi connectivity index (χ1v) is 11.0. The third kappa shape index (κ3) is 5.52. The molecule has 1 amide bonds. The van der Waals surface area contributed by atoms with Gasteiger partial charge in [0.05, 0.1) is 28.6 Å². The Hall–Kier alpha value is -3.66. The lowest BCUT2D eigenvalue weighted by atomic mass is 9.92. The summed E-state index contributed by atoms with van der Waals surface area (Å²) in [5.74, 6) is 1.36. The van der Waals surface area contributed by atoms with Crippen molar-refractivity contribution >= 4 is 16.8 Å². The summed E-state index contributed by atoms with van der Waals surface area (Å²) < 4.78 is 6.01. The fourth-order valence-corrected chi connectivity index (χ4v) is 4.13. The van der Waals surface area contributed by atoms with E-state index >= 15 is 0 Å². The Bertz CT molecular complexity index is 1190. The number of ether oxygens (including phenoxy) is 1. The molecule has 1 saturated carbocycles. The van der Waals surface area contributed by atoms with Crippen molar-refractivity contribution in [1.29, 1.82) is 5.26 Å². The van der Waals surface area contributed by atoms with Crippen LogP contribution in [0, 0.1) is 11.3 Å². The standard InChI is InChI=1S/C25H26N4O3/c26-16-17-5-3-6-20(15-17)32-19-13-11-18(12-14-19)27-24(30)10-4-9-23-28-22-8-2-1-7-21(22)25(31)29-23/h1-3,5-8,15,18-19H,4,9-14H2,(H,27,30)(H,28,29,31). The molecule has 0 radical (unpaired) electrons. The molecule has 4 rings (SSSR count). The van der Waals surface area contributed by atoms with Crippen molar-refractivity contribution in [2.45, 2.75) is 57.1 Å². The lowest BCUT2D eigenvalue weighted by Crippen LogP contribution is -2.39. The molecule has 164 valence electrons. The number of rotatable bonds is 7. The zero-order valence-corrected chi connectivity index (χ0v) is 17.8. The van der Waals surface area contributed by atoms with E-state index in [9.17, 15) is 9.59 Å². The molecule has 0 aliphatic heterocycles. The molecule has 7 nitrogen and oxygen atoms in total. The van der Waals surface area contributed by atoms with Crippen LogP contribution in [-0.2, 0) is 11.2 Å². The molecule has 0 unspecified atom stereocenters. The van der Waals surface area contributed by atoms with Crippen molar-refractivity contribution in [2.24, 2.45) is 0 Å². The molecule has 1 aliphatic carbocycles. The van der Waals surface area contributed by atoms with Gasteiger partial charge in [-0.25, -0.2) is 4.98 Å². The molecular formula is C25H26N4O3. The number of amides is 1. The van der Waals surface area contributed by atoms with Crippen LogP contribution in [0.25, 0.3) is 10.9 Å². The van der Waals surface area contributed by atoms with Crippen LogP contribution in [0.15, 0.2) is 53.3 Å². The van der Waals surface area contributed by atoms with Crippen molar-refractivity contribution in [3.8, 4) is 11.8 Å². The van der Waals surface area contributed by atoms with Crippen molar-refractivity contribution < 1.29 is 9.53 Å². The maximum Gasteiger partial charge on any atom is 0.258 e. The van der Waals surface area contributed by atoms with Crippen molar-refractivity contribution in [3.63, 3.8) is 0 Å². The van der Waals surface area contributed by atoms with Gasteiger partial charge in [0.2, 0.25) is 5.91 Å². The first kappa shape index (κ1) is 21.6. The lowest BCUT2D eigenvalue weighted by Gasteiger charge is -2.29. The number of benzene rings is 2. The Morgan fingerprint density at radius 1 is 1.16 bits per heavy atom. The number of nitrogens with one attached hydrogen (secondary N) is 2. The predicted molar refractivity (Wildman–Crippen MR) is 121 cm³/mol. The lowest BCUT2D eigenvalue weighted by molar-refractivity contribution is -0.122. The Morgan fingerprint density at radius 3 is 2.78 bits per heavy atom. The summed E-state index contributed by atoms with van der Waals surface area (Å²) in [7, 11) is 0. The minimum Gasteiger partial charge on any atom is -0.490 e. The largest absolute Gasteiger partial charge is 0.490 e. The van der Waals surface area contributed by atoms with Gasteiger partial charge < -0.3 is 15.0 Å². The number of carbonyl (C=O) groups is 1. The molecule has 7 heteroatoms. The average Bonchev–Trinajstić information content (AvgIpc) is 2.80. The molecule has 0 atom stereocenters. The Labute approximate surface area is 186 Å². The van der Waals surface area contributed by atoms with Crippen LogP contribution in [0.3, 0.4) is 0 Å². The van der Waals surface area contributed by atoms with E-state index in [0.717, 1.165) is 31.4 Å². The summed E-state index contributed by atoms with van der Waals surface area (Å²) in [6.45, 7) is 0. The number of aromatic nitrogens is 2. The van der Waals surface area contributed by atoms with E-state index in [1.54, 1.807) is 18.2 Å². The van der Waals surface area contributed by atoms with Crippen LogP contribution < -0.4 is 15.6 Å². The Balaban J connectivity index is 1.19. The second kappa shape index (κ2) is 10.1. The SMILES string of the molecule is N#Cc1cccc(OC2CCC(NC(=O)CCCc3nc4ccccc4c(=O)[nH]3)CC2)c1. The maximum atomic E-state index is 12.4. The molecule has 2 aromatic carbocycles. The monoisotopic (exact) mass is 430 g/mol. The van der Waals surface area contributed by atoms with Crippen molar-refractivity contribution in [1.82, 2.24) is 15.3 Å². The molecular weight excluding hydrogens is 404 g/mol. The normalized spacial score (nSPS) is 18.1. The highest BCUT2D eigenvalue weighted by Crippen LogP contribution is 2.24. The number of nitriles is 1. The number of para-hydroxylation sites is 1. The van der Waals surface area contributed by atoms with Crippen LogP contribution in [0.4, 0.5) is 0 Å². The summed E-state index contributed by atoms with van der Waals surface area (Å²) in [6.07, 6.45) is 5.15. The number of aromatic amines is 1. The summed E-state index contributed by atoms with van der Waals surface area (Å²) in [5.41, 5.74) is 1.12. The molecule has 1 heterocycles. The molecule has 1 aromatic heterocycles. The van der Waals surface area contributed by atoms with Gasteiger partial charge in [-0.05, 0) is 62.4 Å². The van der Waals surface area contributed by atoms with Gasteiger partial charge in [-0.2, -0.15) is 5.26 Å². The average molecular weight is 431 g/mol. The van der Waals surface area contributed by atoms with Crippen LogP contribution in [0.1, 0.15) is 49.9 Å². The first-order chi connectivity index (χ1) is 15.6. The van der Waals surface area contributed by atoms with Gasteiger partial charge >= 0.3 is 0 Å². The van der Waals surface area contributed by atoms with Gasteiger partial charge in [0.25, 0.3) is 5.56 Å². The van der Waals surface area contributed by atoms with E-state index < -0.39 is 0 Å². The van der Waals surface area contributed by atoms with Gasteiger partial charge in [0.1, 0.15) is 11.6 Å².